The zero-order valence-corrected chi connectivity index (χ0v) is 15.7. The maximum atomic E-state index is 12.4. The fraction of sp³-hybridized carbons (Fsp3) is 0.467. The Hall–Kier alpha value is -1.71. The molecule has 2 rings (SSSR count). The molecule has 0 aromatic carbocycles. The summed E-state index contributed by atoms with van der Waals surface area (Å²) in [4.78, 5) is 14.4. The lowest BCUT2D eigenvalue weighted by Crippen LogP contribution is -2.44. The Bertz CT molecular complexity index is 804. The van der Waals surface area contributed by atoms with Crippen molar-refractivity contribution in [3.63, 3.8) is 0 Å². The summed E-state index contributed by atoms with van der Waals surface area (Å²) in [5.41, 5.74) is 0.262. The molecule has 0 aliphatic rings. The van der Waals surface area contributed by atoms with E-state index in [1.165, 1.54) is 25.6 Å². The van der Waals surface area contributed by atoms with Gasteiger partial charge in [0.1, 0.15) is 10.6 Å². The first-order chi connectivity index (χ1) is 11.2. The molecule has 9 heteroatoms. The molecule has 7 nitrogen and oxygen atoms in total. The lowest BCUT2D eigenvalue weighted by Gasteiger charge is -2.14. The van der Waals surface area contributed by atoms with Crippen molar-refractivity contribution in [1.82, 2.24) is 15.2 Å². The molecule has 0 saturated carbocycles. The summed E-state index contributed by atoms with van der Waals surface area (Å²) < 4.78 is 32.0. The quantitative estimate of drug-likeness (QED) is 0.774. The van der Waals surface area contributed by atoms with Gasteiger partial charge >= 0.3 is 0 Å². The van der Waals surface area contributed by atoms with Crippen LogP contribution in [0.25, 0.3) is 0 Å². The number of thiophene rings is 1. The first-order valence-electron chi connectivity index (χ1n) is 7.55. The SMILES string of the molecule is CCc1ccc(CNC(=O)[C@H](C)NS(=O)(=O)c2c(C)noc2C)s1. The van der Waals surface area contributed by atoms with Crippen molar-refractivity contribution in [3.8, 4) is 0 Å². The van der Waals surface area contributed by atoms with Gasteiger partial charge in [-0.05, 0) is 39.3 Å². The average molecular weight is 371 g/mol. The normalized spacial score (nSPS) is 13.0. The number of hydrogen-bond donors (Lipinski definition) is 2. The van der Waals surface area contributed by atoms with Crippen molar-refractivity contribution in [2.75, 3.05) is 0 Å². The van der Waals surface area contributed by atoms with Crippen LogP contribution in [0.1, 0.15) is 35.1 Å². The van der Waals surface area contributed by atoms with Crippen LogP contribution in [0.4, 0.5) is 0 Å². The van der Waals surface area contributed by atoms with Gasteiger partial charge in [-0.2, -0.15) is 4.72 Å². The molecule has 1 amide bonds. The molecule has 0 unspecified atom stereocenters. The number of aryl methyl sites for hydroxylation is 3. The molecule has 0 fully saturated rings. The Labute approximate surface area is 145 Å². The molecule has 2 aromatic heterocycles. The highest BCUT2D eigenvalue weighted by atomic mass is 32.2. The van der Waals surface area contributed by atoms with E-state index in [4.69, 9.17) is 4.52 Å². The van der Waals surface area contributed by atoms with Crippen LogP contribution in [0.5, 0.6) is 0 Å². The van der Waals surface area contributed by atoms with E-state index < -0.39 is 22.0 Å². The van der Waals surface area contributed by atoms with Gasteiger partial charge in [-0.25, -0.2) is 8.42 Å². The first kappa shape index (κ1) is 18.6. The van der Waals surface area contributed by atoms with Gasteiger partial charge in [0.2, 0.25) is 15.9 Å². The maximum absolute atomic E-state index is 12.4. The van der Waals surface area contributed by atoms with Crippen molar-refractivity contribution in [2.24, 2.45) is 0 Å². The zero-order valence-electron chi connectivity index (χ0n) is 14.0. The van der Waals surface area contributed by atoms with E-state index in [2.05, 4.69) is 22.1 Å². The first-order valence-corrected chi connectivity index (χ1v) is 9.85. The smallest absolute Gasteiger partial charge is 0.246 e. The predicted molar refractivity (Wildman–Crippen MR) is 91.3 cm³/mol. The minimum Gasteiger partial charge on any atom is -0.360 e. The molecule has 24 heavy (non-hydrogen) atoms. The van der Waals surface area contributed by atoms with Crippen LogP contribution >= 0.6 is 11.3 Å². The van der Waals surface area contributed by atoms with Crippen molar-refractivity contribution in [3.05, 3.63) is 33.3 Å². The predicted octanol–water partition coefficient (Wildman–Crippen LogP) is 1.90. The highest BCUT2D eigenvalue weighted by Gasteiger charge is 2.28. The maximum Gasteiger partial charge on any atom is 0.246 e. The topological polar surface area (TPSA) is 101 Å². The molecular formula is C15H21N3O4S2. The van der Waals surface area contributed by atoms with Crippen LogP contribution in [0.2, 0.25) is 0 Å². The van der Waals surface area contributed by atoms with E-state index in [1.807, 2.05) is 12.1 Å². The summed E-state index contributed by atoms with van der Waals surface area (Å²) in [6.45, 7) is 7.00. The Morgan fingerprint density at radius 2 is 2.00 bits per heavy atom. The monoisotopic (exact) mass is 371 g/mol. The van der Waals surface area contributed by atoms with Crippen LogP contribution < -0.4 is 10.0 Å². The van der Waals surface area contributed by atoms with Gasteiger partial charge in [-0.3, -0.25) is 4.79 Å². The minimum atomic E-state index is -3.87. The second-order valence-corrected chi connectivity index (χ2v) is 8.34. The Morgan fingerprint density at radius 3 is 2.54 bits per heavy atom. The minimum absolute atomic E-state index is 0.0204. The second-order valence-electron chi connectivity index (χ2n) is 5.44. The van der Waals surface area contributed by atoms with E-state index in [0.29, 0.717) is 6.54 Å². The molecule has 0 bridgehead atoms. The van der Waals surface area contributed by atoms with Gasteiger partial charge in [0.15, 0.2) is 5.76 Å². The van der Waals surface area contributed by atoms with Gasteiger partial charge in [0.05, 0.1) is 12.6 Å². The van der Waals surface area contributed by atoms with Gasteiger partial charge in [0, 0.05) is 9.75 Å². The van der Waals surface area contributed by atoms with Gasteiger partial charge < -0.3 is 9.84 Å². The zero-order chi connectivity index (χ0) is 17.9. The van der Waals surface area contributed by atoms with Crippen LogP contribution in [-0.2, 0) is 27.8 Å². The highest BCUT2D eigenvalue weighted by molar-refractivity contribution is 7.89. The third-order valence-corrected chi connectivity index (χ3v) is 6.48. The molecular weight excluding hydrogens is 350 g/mol. The van der Waals surface area contributed by atoms with E-state index in [1.54, 1.807) is 11.3 Å². The van der Waals surface area contributed by atoms with Gasteiger partial charge in [0.25, 0.3) is 0 Å². The number of sulfonamides is 1. The number of carbonyl (C=O) groups excluding carboxylic acids is 1. The second kappa shape index (κ2) is 7.45. The molecule has 0 saturated heterocycles. The van der Waals surface area contributed by atoms with E-state index in [0.717, 1.165) is 11.3 Å². The summed E-state index contributed by atoms with van der Waals surface area (Å²) in [7, 11) is -3.87. The molecule has 2 heterocycles. The lowest BCUT2D eigenvalue weighted by atomic mass is 10.3. The van der Waals surface area contributed by atoms with Crippen LogP contribution in [0, 0.1) is 13.8 Å². The Kier molecular flexibility index (Phi) is 5.79. The highest BCUT2D eigenvalue weighted by Crippen LogP contribution is 2.19. The van der Waals surface area contributed by atoms with E-state index in [-0.39, 0.29) is 16.3 Å². The number of amides is 1. The fourth-order valence-electron chi connectivity index (χ4n) is 2.24. The van der Waals surface area contributed by atoms with Crippen molar-refractivity contribution in [1.29, 1.82) is 0 Å². The van der Waals surface area contributed by atoms with Crippen molar-refractivity contribution in [2.45, 2.75) is 51.6 Å². The molecule has 0 radical (unpaired) electrons. The third kappa shape index (κ3) is 4.22. The largest absolute Gasteiger partial charge is 0.360 e. The summed E-state index contributed by atoms with van der Waals surface area (Å²) in [6, 6.07) is 3.08. The van der Waals surface area contributed by atoms with Crippen molar-refractivity contribution < 1.29 is 17.7 Å². The third-order valence-electron chi connectivity index (χ3n) is 3.46. The number of rotatable bonds is 7. The summed E-state index contributed by atoms with van der Waals surface area (Å²) in [5, 5.41) is 6.37. The number of nitrogens with one attached hydrogen (secondary N) is 2. The van der Waals surface area contributed by atoms with Crippen LogP contribution in [0.3, 0.4) is 0 Å². The molecule has 0 aliphatic carbocycles. The lowest BCUT2D eigenvalue weighted by molar-refractivity contribution is -0.122. The summed E-state index contributed by atoms with van der Waals surface area (Å²) >= 11 is 1.63. The molecule has 132 valence electrons. The number of hydrogen-bond acceptors (Lipinski definition) is 6. The number of nitrogens with zero attached hydrogens (tertiary/aromatic N) is 1. The van der Waals surface area contributed by atoms with Gasteiger partial charge in [-0.1, -0.05) is 12.1 Å². The van der Waals surface area contributed by atoms with E-state index >= 15 is 0 Å². The standard InChI is InChI=1S/C15H21N3O4S2/c1-5-12-6-7-13(23-12)8-16-15(19)10(3)18-24(20,21)14-9(2)17-22-11(14)4/h6-7,10,18H,5,8H2,1-4H3,(H,16,19)/t10-/m0/s1. The molecule has 1 atom stereocenters. The molecule has 0 spiro atoms. The summed E-state index contributed by atoms with van der Waals surface area (Å²) in [6.07, 6.45) is 0.951. The fourth-order valence-corrected chi connectivity index (χ4v) is 4.67. The Balaban J connectivity index is 1.98. The van der Waals surface area contributed by atoms with Crippen molar-refractivity contribution >= 4 is 27.3 Å². The van der Waals surface area contributed by atoms with Gasteiger partial charge in [-0.15, -0.1) is 11.3 Å². The van der Waals surface area contributed by atoms with Crippen LogP contribution in [0.15, 0.2) is 21.6 Å². The Morgan fingerprint density at radius 1 is 1.33 bits per heavy atom. The number of carbonyl (C=O) groups is 1. The number of aromatic nitrogens is 1. The summed E-state index contributed by atoms with van der Waals surface area (Å²) in [5.74, 6) is -0.199. The molecule has 2 N–H and O–H groups in total. The van der Waals surface area contributed by atoms with E-state index in [9.17, 15) is 13.2 Å². The average Bonchev–Trinajstić information content (AvgIpc) is 3.10. The van der Waals surface area contributed by atoms with Crippen LogP contribution in [-0.4, -0.2) is 25.5 Å². The molecule has 2 aromatic rings. The molecule has 0 aliphatic heterocycles.